The van der Waals surface area contributed by atoms with Crippen LogP contribution in [0.1, 0.15) is 11.7 Å². The van der Waals surface area contributed by atoms with Gasteiger partial charge in [0.2, 0.25) is 11.7 Å². The Hall–Kier alpha value is -2.65. The van der Waals surface area contributed by atoms with Gasteiger partial charge in [0.05, 0.1) is 13.7 Å². The average molecular weight is 387 g/mol. The molecule has 142 valence electrons. The van der Waals surface area contributed by atoms with E-state index in [2.05, 4.69) is 24.9 Å². The maximum Gasteiger partial charge on any atom is 0.240 e. The summed E-state index contributed by atoms with van der Waals surface area (Å²) in [6, 6.07) is 7.40. The van der Waals surface area contributed by atoms with Gasteiger partial charge in [0.25, 0.3) is 0 Å². The summed E-state index contributed by atoms with van der Waals surface area (Å²) >= 11 is 1.68. The topological polar surface area (TPSA) is 76.8 Å². The Balaban J connectivity index is 1.24. The molecule has 2 aromatic heterocycles. The molecule has 1 aliphatic heterocycles. The van der Waals surface area contributed by atoms with Gasteiger partial charge in [-0.25, -0.2) is 4.98 Å². The molecule has 0 amide bonds. The van der Waals surface area contributed by atoms with Gasteiger partial charge in [0.1, 0.15) is 11.5 Å². The van der Waals surface area contributed by atoms with E-state index in [9.17, 15) is 0 Å². The number of methoxy groups -OCH3 is 1. The van der Waals surface area contributed by atoms with Gasteiger partial charge in [-0.15, -0.1) is 11.3 Å². The predicted molar refractivity (Wildman–Crippen MR) is 101 cm³/mol. The number of aromatic nitrogens is 3. The van der Waals surface area contributed by atoms with E-state index >= 15 is 0 Å². The Morgan fingerprint density at radius 1 is 1.11 bits per heavy atom. The lowest BCUT2D eigenvalue weighted by molar-refractivity contribution is 0.214. The highest BCUT2D eigenvalue weighted by atomic mass is 32.1. The van der Waals surface area contributed by atoms with Gasteiger partial charge in [-0.05, 0) is 24.3 Å². The summed E-state index contributed by atoms with van der Waals surface area (Å²) in [5, 5.41) is 7.10. The van der Waals surface area contributed by atoms with Crippen LogP contribution in [0.15, 0.2) is 40.4 Å². The minimum absolute atomic E-state index is 0.271. The smallest absolute Gasteiger partial charge is 0.240 e. The molecule has 0 N–H and O–H groups in total. The second-order valence-corrected chi connectivity index (χ2v) is 7.02. The van der Waals surface area contributed by atoms with Crippen molar-refractivity contribution in [3.8, 4) is 11.5 Å². The number of thiazole rings is 1. The fourth-order valence-corrected chi connectivity index (χ4v) is 3.59. The molecule has 0 atom stereocenters. The van der Waals surface area contributed by atoms with Gasteiger partial charge in [-0.2, -0.15) is 4.98 Å². The maximum absolute atomic E-state index is 5.68. The fraction of sp³-hybridized carbons (Fsp3) is 0.389. The standard InChI is InChI=1S/C18H21N5O3S/c1-24-14-2-4-15(5-3-14)25-13-16-20-17(26-21-16)12-22-7-9-23(10-8-22)18-19-6-11-27-18/h2-6,11H,7-10,12-13H2,1H3. The molecule has 1 aromatic carbocycles. The lowest BCUT2D eigenvalue weighted by Crippen LogP contribution is -2.46. The van der Waals surface area contributed by atoms with Crippen molar-refractivity contribution < 1.29 is 14.0 Å². The van der Waals surface area contributed by atoms with E-state index in [1.54, 1.807) is 18.4 Å². The first-order valence-electron chi connectivity index (χ1n) is 8.75. The minimum Gasteiger partial charge on any atom is -0.497 e. The van der Waals surface area contributed by atoms with Crippen LogP contribution < -0.4 is 14.4 Å². The van der Waals surface area contributed by atoms with E-state index in [0.29, 0.717) is 18.3 Å². The Morgan fingerprint density at radius 3 is 2.59 bits per heavy atom. The molecule has 0 saturated carbocycles. The Bertz CT molecular complexity index is 829. The summed E-state index contributed by atoms with van der Waals surface area (Å²) in [7, 11) is 1.63. The summed E-state index contributed by atoms with van der Waals surface area (Å²) in [6.07, 6.45) is 1.85. The number of anilines is 1. The van der Waals surface area contributed by atoms with Crippen molar-refractivity contribution >= 4 is 16.5 Å². The van der Waals surface area contributed by atoms with Crippen molar-refractivity contribution in [1.82, 2.24) is 20.0 Å². The van der Waals surface area contributed by atoms with Crippen molar-refractivity contribution in [3.05, 3.63) is 47.6 Å². The van der Waals surface area contributed by atoms with Crippen LogP contribution in [0.25, 0.3) is 0 Å². The molecule has 0 aliphatic carbocycles. The molecule has 0 spiro atoms. The molecular formula is C18H21N5O3S. The number of hydrogen-bond acceptors (Lipinski definition) is 9. The normalized spacial score (nSPS) is 15.1. The van der Waals surface area contributed by atoms with Crippen molar-refractivity contribution in [2.45, 2.75) is 13.2 Å². The third-order valence-electron chi connectivity index (χ3n) is 4.36. The first-order valence-corrected chi connectivity index (χ1v) is 9.63. The van der Waals surface area contributed by atoms with Crippen LogP contribution in [0, 0.1) is 0 Å². The molecule has 27 heavy (non-hydrogen) atoms. The summed E-state index contributed by atoms with van der Waals surface area (Å²) in [5.41, 5.74) is 0. The summed E-state index contributed by atoms with van der Waals surface area (Å²) < 4.78 is 16.2. The molecule has 3 heterocycles. The Morgan fingerprint density at radius 2 is 1.89 bits per heavy atom. The Kier molecular flexibility index (Phi) is 5.50. The molecule has 1 fully saturated rings. The van der Waals surface area contributed by atoms with E-state index < -0.39 is 0 Å². The number of hydrogen-bond donors (Lipinski definition) is 0. The van der Waals surface area contributed by atoms with Gasteiger partial charge in [-0.1, -0.05) is 5.16 Å². The third kappa shape index (κ3) is 4.55. The van der Waals surface area contributed by atoms with Crippen molar-refractivity contribution in [1.29, 1.82) is 0 Å². The SMILES string of the molecule is COc1ccc(OCc2noc(CN3CCN(c4nccs4)CC3)n2)cc1. The zero-order valence-electron chi connectivity index (χ0n) is 15.1. The fourth-order valence-electron chi connectivity index (χ4n) is 2.89. The summed E-state index contributed by atoms with van der Waals surface area (Å²) in [6.45, 7) is 4.72. The number of ether oxygens (including phenoxy) is 2. The Labute approximate surface area is 161 Å². The zero-order chi connectivity index (χ0) is 18.5. The van der Waals surface area contributed by atoms with Crippen molar-refractivity contribution in [2.75, 3.05) is 38.2 Å². The summed E-state index contributed by atoms with van der Waals surface area (Å²) in [4.78, 5) is 13.4. The molecule has 3 aromatic rings. The van der Waals surface area contributed by atoms with E-state index in [1.165, 1.54) is 0 Å². The van der Waals surface area contributed by atoms with Crippen LogP contribution in [0.5, 0.6) is 11.5 Å². The average Bonchev–Trinajstić information content (AvgIpc) is 3.40. The second-order valence-electron chi connectivity index (χ2n) is 6.15. The molecule has 1 saturated heterocycles. The number of rotatable bonds is 7. The van der Waals surface area contributed by atoms with Gasteiger partial charge < -0.3 is 18.9 Å². The van der Waals surface area contributed by atoms with E-state index in [4.69, 9.17) is 14.0 Å². The van der Waals surface area contributed by atoms with E-state index in [0.717, 1.165) is 42.8 Å². The maximum atomic E-state index is 5.68. The quantitative estimate of drug-likeness (QED) is 0.612. The highest BCUT2D eigenvalue weighted by Crippen LogP contribution is 2.20. The number of piperazine rings is 1. The molecule has 9 heteroatoms. The molecule has 0 bridgehead atoms. The molecule has 0 unspecified atom stereocenters. The van der Waals surface area contributed by atoms with E-state index in [-0.39, 0.29) is 6.61 Å². The molecule has 0 radical (unpaired) electrons. The first-order chi connectivity index (χ1) is 13.3. The lowest BCUT2D eigenvalue weighted by Gasteiger charge is -2.33. The van der Waals surface area contributed by atoms with Gasteiger partial charge in [0.15, 0.2) is 11.7 Å². The van der Waals surface area contributed by atoms with Crippen LogP contribution in [0.4, 0.5) is 5.13 Å². The van der Waals surface area contributed by atoms with Crippen molar-refractivity contribution in [3.63, 3.8) is 0 Å². The largest absolute Gasteiger partial charge is 0.497 e. The lowest BCUT2D eigenvalue weighted by atomic mass is 10.3. The second kappa shape index (κ2) is 8.36. The highest BCUT2D eigenvalue weighted by molar-refractivity contribution is 7.13. The summed E-state index contributed by atoms with van der Waals surface area (Å²) in [5.74, 6) is 2.69. The van der Waals surface area contributed by atoms with Crippen LogP contribution in [-0.2, 0) is 13.2 Å². The highest BCUT2D eigenvalue weighted by Gasteiger charge is 2.20. The first kappa shape index (κ1) is 17.7. The van der Waals surface area contributed by atoms with Gasteiger partial charge >= 0.3 is 0 Å². The third-order valence-corrected chi connectivity index (χ3v) is 5.19. The molecule has 8 nitrogen and oxygen atoms in total. The zero-order valence-corrected chi connectivity index (χ0v) is 15.9. The minimum atomic E-state index is 0.271. The number of benzene rings is 1. The molecular weight excluding hydrogens is 366 g/mol. The van der Waals surface area contributed by atoms with Crippen LogP contribution in [0.3, 0.4) is 0 Å². The van der Waals surface area contributed by atoms with Gasteiger partial charge in [-0.3, -0.25) is 4.90 Å². The predicted octanol–water partition coefficient (Wildman–Crippen LogP) is 2.44. The van der Waals surface area contributed by atoms with Crippen LogP contribution >= 0.6 is 11.3 Å². The van der Waals surface area contributed by atoms with Crippen molar-refractivity contribution in [2.24, 2.45) is 0 Å². The molecule has 4 rings (SSSR count). The molecule has 1 aliphatic rings. The van der Waals surface area contributed by atoms with Crippen LogP contribution in [0.2, 0.25) is 0 Å². The number of nitrogens with zero attached hydrogens (tertiary/aromatic N) is 5. The van der Waals surface area contributed by atoms with E-state index in [1.807, 2.05) is 35.8 Å². The van der Waals surface area contributed by atoms with Gasteiger partial charge in [0, 0.05) is 37.8 Å². The van der Waals surface area contributed by atoms with Crippen LogP contribution in [-0.4, -0.2) is 53.3 Å². The monoisotopic (exact) mass is 387 g/mol.